The maximum Gasteiger partial charge on any atom is 0.149 e. The van der Waals surface area contributed by atoms with E-state index in [2.05, 4.69) is 4.98 Å². The molecule has 2 rings (SSSR count). The molecule has 0 saturated carbocycles. The predicted molar refractivity (Wildman–Crippen MR) is 72.8 cm³/mol. The molecule has 0 aliphatic heterocycles. The number of pyridine rings is 1. The Bertz CT molecular complexity index is 557. The second-order valence-electron chi connectivity index (χ2n) is 4.29. The average molecular weight is 275 g/mol. The van der Waals surface area contributed by atoms with Crippen molar-refractivity contribution in [3.8, 4) is 5.75 Å². The molecule has 0 atom stereocenters. The van der Waals surface area contributed by atoms with Gasteiger partial charge in [0.15, 0.2) is 0 Å². The largest absolute Gasteiger partial charge is 0.487 e. The van der Waals surface area contributed by atoms with Gasteiger partial charge in [0.1, 0.15) is 18.1 Å². The third-order valence-corrected chi connectivity index (χ3v) is 3.00. The first-order valence-corrected chi connectivity index (χ1v) is 6.29. The normalized spacial score (nSPS) is 10.6. The van der Waals surface area contributed by atoms with Crippen LogP contribution >= 0.6 is 0 Å². The maximum absolute atomic E-state index is 9.45. The van der Waals surface area contributed by atoms with Gasteiger partial charge in [-0.1, -0.05) is 30.3 Å². The van der Waals surface area contributed by atoms with E-state index in [1.807, 2.05) is 30.3 Å². The van der Waals surface area contributed by atoms with Crippen molar-refractivity contribution >= 4 is 0 Å². The molecule has 5 heteroatoms. The fraction of sp³-hybridized carbons (Fsp3) is 0.267. The molecule has 0 fully saturated rings. The highest BCUT2D eigenvalue weighted by Gasteiger charge is 2.15. The summed E-state index contributed by atoms with van der Waals surface area (Å²) in [4.78, 5) is 4.04. The summed E-state index contributed by atoms with van der Waals surface area (Å²) < 4.78 is 5.68. The van der Waals surface area contributed by atoms with Crippen molar-refractivity contribution in [1.29, 1.82) is 0 Å². The molecule has 0 aliphatic rings. The minimum atomic E-state index is -0.289. The molecule has 0 unspecified atom stereocenters. The van der Waals surface area contributed by atoms with Crippen molar-refractivity contribution in [1.82, 2.24) is 4.98 Å². The van der Waals surface area contributed by atoms with Crippen LogP contribution in [0.4, 0.5) is 0 Å². The molecule has 20 heavy (non-hydrogen) atoms. The van der Waals surface area contributed by atoms with E-state index in [1.165, 1.54) is 6.20 Å². The third-order valence-electron chi connectivity index (χ3n) is 3.00. The van der Waals surface area contributed by atoms with Crippen molar-refractivity contribution in [2.24, 2.45) is 0 Å². The second kappa shape index (κ2) is 7.00. The van der Waals surface area contributed by atoms with Gasteiger partial charge in [0.05, 0.1) is 19.8 Å². The SMILES string of the molecule is OCc1cnc(CO)c(OCc2ccccc2)c1CO. The summed E-state index contributed by atoms with van der Waals surface area (Å²) in [7, 11) is 0. The minimum absolute atomic E-state index is 0.240. The highest BCUT2D eigenvalue weighted by Crippen LogP contribution is 2.27. The number of ether oxygens (including phenoxy) is 1. The lowest BCUT2D eigenvalue weighted by molar-refractivity contribution is 0.230. The molecule has 1 heterocycles. The Morgan fingerprint density at radius 2 is 1.70 bits per heavy atom. The number of nitrogens with zero attached hydrogens (tertiary/aromatic N) is 1. The summed E-state index contributed by atoms with van der Waals surface area (Å²) >= 11 is 0. The van der Waals surface area contributed by atoms with Gasteiger partial charge in [0.2, 0.25) is 0 Å². The number of hydrogen-bond donors (Lipinski definition) is 3. The van der Waals surface area contributed by atoms with E-state index in [0.29, 0.717) is 29.2 Å². The maximum atomic E-state index is 9.45. The standard InChI is InChI=1S/C15H17NO4/c17-7-12-6-16-14(9-19)15(13(12)8-18)20-10-11-4-2-1-3-5-11/h1-6,17-19H,7-10H2. The molecule has 106 valence electrons. The number of aromatic nitrogens is 1. The van der Waals surface area contributed by atoms with Crippen LogP contribution in [0.2, 0.25) is 0 Å². The minimum Gasteiger partial charge on any atom is -0.487 e. The lowest BCUT2D eigenvalue weighted by atomic mass is 10.1. The second-order valence-corrected chi connectivity index (χ2v) is 4.29. The number of aliphatic hydroxyl groups is 3. The predicted octanol–water partition coefficient (Wildman–Crippen LogP) is 1.14. The summed E-state index contributed by atoms with van der Waals surface area (Å²) in [6.45, 7) is -0.508. The summed E-state index contributed by atoms with van der Waals surface area (Å²) in [5.41, 5.74) is 2.27. The Morgan fingerprint density at radius 3 is 2.30 bits per heavy atom. The summed E-state index contributed by atoms with van der Waals surface area (Å²) in [5, 5.41) is 28.0. The topological polar surface area (TPSA) is 82.8 Å². The number of hydrogen-bond acceptors (Lipinski definition) is 5. The molecule has 0 saturated heterocycles. The summed E-state index contributed by atoms with van der Waals surface area (Å²) in [6.07, 6.45) is 1.44. The first-order chi connectivity index (χ1) is 9.80. The van der Waals surface area contributed by atoms with E-state index < -0.39 is 0 Å². The van der Waals surface area contributed by atoms with Crippen LogP contribution in [-0.2, 0) is 26.4 Å². The molecule has 1 aromatic heterocycles. The van der Waals surface area contributed by atoms with Crippen LogP contribution in [0.1, 0.15) is 22.4 Å². The molecular weight excluding hydrogens is 258 g/mol. The lowest BCUT2D eigenvalue weighted by Crippen LogP contribution is -2.07. The Hall–Kier alpha value is -1.95. The smallest absolute Gasteiger partial charge is 0.149 e. The Balaban J connectivity index is 2.28. The van der Waals surface area contributed by atoms with E-state index in [0.717, 1.165) is 5.56 Å². The van der Waals surface area contributed by atoms with Gasteiger partial charge >= 0.3 is 0 Å². The Labute approximate surface area is 117 Å². The Morgan fingerprint density at radius 1 is 0.950 bits per heavy atom. The van der Waals surface area contributed by atoms with E-state index in [-0.39, 0.29) is 19.8 Å². The molecule has 0 spiro atoms. The highest BCUT2D eigenvalue weighted by atomic mass is 16.5. The lowest BCUT2D eigenvalue weighted by Gasteiger charge is -2.15. The molecule has 0 amide bonds. The van der Waals surface area contributed by atoms with Gasteiger partial charge in [-0.3, -0.25) is 4.98 Å². The van der Waals surface area contributed by atoms with E-state index in [9.17, 15) is 15.3 Å². The molecule has 3 N–H and O–H groups in total. The number of benzene rings is 1. The number of rotatable bonds is 6. The Kier molecular flexibility index (Phi) is 5.06. The highest BCUT2D eigenvalue weighted by molar-refractivity contribution is 5.41. The van der Waals surface area contributed by atoms with Crippen molar-refractivity contribution in [3.63, 3.8) is 0 Å². The first-order valence-electron chi connectivity index (χ1n) is 6.29. The van der Waals surface area contributed by atoms with Crippen LogP contribution in [0, 0.1) is 0 Å². The van der Waals surface area contributed by atoms with Crippen LogP contribution in [-0.4, -0.2) is 20.3 Å². The summed E-state index contributed by atoms with van der Waals surface area (Å²) in [6, 6.07) is 9.55. The third kappa shape index (κ3) is 3.14. The van der Waals surface area contributed by atoms with E-state index >= 15 is 0 Å². The van der Waals surface area contributed by atoms with Crippen molar-refractivity contribution in [2.45, 2.75) is 26.4 Å². The van der Waals surface area contributed by atoms with E-state index in [1.54, 1.807) is 0 Å². The van der Waals surface area contributed by atoms with Crippen LogP contribution in [0.5, 0.6) is 5.75 Å². The quantitative estimate of drug-likeness (QED) is 0.736. The van der Waals surface area contributed by atoms with Crippen LogP contribution in [0.25, 0.3) is 0 Å². The monoisotopic (exact) mass is 275 g/mol. The van der Waals surface area contributed by atoms with Gasteiger partial charge in [-0.2, -0.15) is 0 Å². The van der Waals surface area contributed by atoms with Crippen LogP contribution in [0.15, 0.2) is 36.5 Å². The fourth-order valence-corrected chi connectivity index (χ4v) is 1.93. The van der Waals surface area contributed by atoms with Gasteiger partial charge in [-0.15, -0.1) is 0 Å². The zero-order valence-corrected chi connectivity index (χ0v) is 11.0. The number of aliphatic hydroxyl groups excluding tert-OH is 3. The first kappa shape index (κ1) is 14.5. The van der Waals surface area contributed by atoms with Gasteiger partial charge < -0.3 is 20.1 Å². The molecule has 0 radical (unpaired) electrons. The summed E-state index contributed by atoms with van der Waals surface area (Å²) in [5.74, 6) is 0.338. The van der Waals surface area contributed by atoms with Crippen molar-refractivity contribution in [3.05, 3.63) is 58.9 Å². The zero-order chi connectivity index (χ0) is 14.4. The van der Waals surface area contributed by atoms with Gasteiger partial charge in [-0.05, 0) is 5.56 Å². The van der Waals surface area contributed by atoms with Crippen LogP contribution < -0.4 is 4.74 Å². The average Bonchev–Trinajstić information content (AvgIpc) is 2.52. The molecule has 5 nitrogen and oxygen atoms in total. The van der Waals surface area contributed by atoms with Gasteiger partial charge in [-0.25, -0.2) is 0 Å². The van der Waals surface area contributed by atoms with Crippen LogP contribution in [0.3, 0.4) is 0 Å². The molecule has 0 aliphatic carbocycles. The fourth-order valence-electron chi connectivity index (χ4n) is 1.93. The van der Waals surface area contributed by atoms with Gasteiger partial charge in [0, 0.05) is 17.3 Å². The molecule has 2 aromatic rings. The van der Waals surface area contributed by atoms with Crippen molar-refractivity contribution in [2.75, 3.05) is 0 Å². The van der Waals surface area contributed by atoms with Crippen molar-refractivity contribution < 1.29 is 20.1 Å². The zero-order valence-electron chi connectivity index (χ0n) is 11.0. The molecular formula is C15H17NO4. The van der Waals surface area contributed by atoms with E-state index in [4.69, 9.17) is 4.74 Å². The molecule has 0 bridgehead atoms. The van der Waals surface area contributed by atoms with Gasteiger partial charge in [0.25, 0.3) is 0 Å². The molecule has 1 aromatic carbocycles.